The van der Waals surface area contributed by atoms with Crippen LogP contribution in [-0.2, 0) is 2.84 Å². The van der Waals surface area contributed by atoms with Gasteiger partial charge in [-0.15, -0.1) is 0 Å². The third-order valence-corrected chi connectivity index (χ3v) is 9.91. The molecule has 0 saturated heterocycles. The molecule has 0 atom stereocenters. The van der Waals surface area contributed by atoms with Crippen LogP contribution in [0.15, 0.2) is 72.8 Å². The van der Waals surface area contributed by atoms with Crippen LogP contribution in [0.4, 0.5) is 0 Å². The minimum Gasteiger partial charge on any atom is -0.619 e. The largest absolute Gasteiger partial charge is 0.781 e. The molecule has 0 bridgehead atoms. The smallest absolute Gasteiger partial charge is 0.619 e. The molecule has 4 aromatic carbocycles. The van der Waals surface area contributed by atoms with Gasteiger partial charge in [0, 0.05) is 10.8 Å². The molecule has 25 heavy (non-hydrogen) atoms. The standard InChI is InChI=1S/2C10H7O.2Al.O/c2*11-10-7-3-5-8-4-1-2-6-9(8)10;;;/h2*1-5,7,11H;;;/q;;2*+1;/p-2. The topological polar surface area (TPSA) is 27.7 Å². The van der Waals surface area contributed by atoms with Gasteiger partial charge < -0.3 is 10.4 Å². The second-order valence-electron chi connectivity index (χ2n) is 6.44. The lowest BCUT2D eigenvalue weighted by Crippen LogP contribution is -2.47. The van der Waals surface area contributed by atoms with Crippen molar-refractivity contribution >= 4 is 60.0 Å². The molecule has 2 aliphatic rings. The van der Waals surface area contributed by atoms with E-state index >= 15 is 0 Å². The van der Waals surface area contributed by atoms with E-state index in [1.54, 1.807) is 0 Å². The molecule has 0 radical (unpaired) electrons. The zero-order valence-electron chi connectivity index (χ0n) is 13.3. The first-order chi connectivity index (χ1) is 12.4. The van der Waals surface area contributed by atoms with E-state index in [9.17, 15) is 0 Å². The van der Waals surface area contributed by atoms with Crippen LogP contribution in [0.25, 0.3) is 21.5 Å². The Morgan fingerprint density at radius 3 is 1.48 bits per heavy atom. The molecule has 0 unspecified atom stereocenters. The van der Waals surface area contributed by atoms with Gasteiger partial charge in [-0.05, 0) is 31.8 Å². The van der Waals surface area contributed by atoms with Gasteiger partial charge in [-0.25, -0.2) is 0 Å². The lowest BCUT2D eigenvalue weighted by Gasteiger charge is -2.13. The predicted molar refractivity (Wildman–Crippen MR) is 101 cm³/mol. The third-order valence-electron chi connectivity index (χ3n) is 5.02. The summed E-state index contributed by atoms with van der Waals surface area (Å²) in [6.45, 7) is 0. The Balaban J connectivity index is 1.41. The average molecular weight is 354 g/mol. The van der Waals surface area contributed by atoms with Crippen LogP contribution in [0.2, 0.25) is 0 Å². The maximum absolute atomic E-state index is 6.55. The van der Waals surface area contributed by atoms with E-state index in [4.69, 9.17) is 10.4 Å². The van der Waals surface area contributed by atoms with Crippen LogP contribution >= 0.6 is 0 Å². The molecule has 5 heteroatoms. The van der Waals surface area contributed by atoms with Gasteiger partial charge in [0.05, 0.1) is 11.5 Å². The molecule has 2 heterocycles. The molecule has 0 aromatic heterocycles. The normalized spacial score (nSPS) is 14.2. The summed E-state index contributed by atoms with van der Waals surface area (Å²) in [5, 5.41) is 4.86. The Hall–Kier alpha value is -1.98. The fourth-order valence-electron chi connectivity index (χ4n) is 3.93. The second kappa shape index (κ2) is 5.26. The van der Waals surface area contributed by atoms with Gasteiger partial charge in [0.15, 0.2) is 0 Å². The molecule has 0 fully saturated rings. The quantitative estimate of drug-likeness (QED) is 0.518. The minimum atomic E-state index is -2.01. The summed E-state index contributed by atoms with van der Waals surface area (Å²) in [6, 6.07) is 25.1. The van der Waals surface area contributed by atoms with Crippen molar-refractivity contribution in [2.24, 2.45) is 0 Å². The van der Waals surface area contributed by atoms with E-state index < -0.39 is 29.6 Å². The summed E-state index contributed by atoms with van der Waals surface area (Å²) in [4.78, 5) is 0. The lowest BCUT2D eigenvalue weighted by atomic mass is 10.1. The van der Waals surface area contributed by atoms with Gasteiger partial charge in [0.1, 0.15) is 0 Å². The minimum absolute atomic E-state index is 0.951. The molecule has 2 aliphatic heterocycles. The Morgan fingerprint density at radius 2 is 1.00 bits per heavy atom. The first kappa shape index (κ1) is 14.2. The van der Waals surface area contributed by atoms with Crippen molar-refractivity contribution in [3.05, 3.63) is 72.8 Å². The Bertz CT molecular complexity index is 1060. The molecule has 3 nitrogen and oxygen atoms in total. The maximum Gasteiger partial charge on any atom is 0.781 e. The van der Waals surface area contributed by atoms with Crippen LogP contribution < -0.4 is 16.4 Å². The predicted octanol–water partition coefficient (Wildman–Crippen LogP) is 2.89. The molecular formula is C20H12Al2O3. The van der Waals surface area contributed by atoms with Crippen LogP contribution in [0, 0.1) is 0 Å². The van der Waals surface area contributed by atoms with Gasteiger partial charge >= 0.3 is 29.6 Å². The van der Waals surface area contributed by atoms with Crippen LogP contribution in [0.3, 0.4) is 0 Å². The molecule has 6 rings (SSSR count). The van der Waals surface area contributed by atoms with Crippen molar-refractivity contribution in [2.45, 2.75) is 0 Å². The van der Waals surface area contributed by atoms with E-state index in [1.165, 1.54) is 30.4 Å². The highest BCUT2D eigenvalue weighted by atomic mass is 27.3. The van der Waals surface area contributed by atoms with E-state index in [-0.39, 0.29) is 0 Å². The molecule has 0 N–H and O–H groups in total. The summed E-state index contributed by atoms with van der Waals surface area (Å²) < 4.78 is 21.5. The van der Waals surface area contributed by atoms with Crippen LogP contribution in [0.1, 0.15) is 0 Å². The highest BCUT2D eigenvalue weighted by molar-refractivity contribution is 6.79. The van der Waals surface area contributed by atoms with Gasteiger partial charge in [-0.3, -0.25) is 0 Å². The maximum atomic E-state index is 6.55. The summed E-state index contributed by atoms with van der Waals surface area (Å²) in [7, 11) is 0. The van der Waals surface area contributed by atoms with E-state index in [0.717, 1.165) is 11.5 Å². The SMILES string of the molecule is c1cc2c3[c](cccc3c1)[Al]([O][Al]1[O]c3cccc4ccc[c]1c34)[O]2. The molecule has 0 saturated carbocycles. The van der Waals surface area contributed by atoms with Crippen LogP contribution in [-0.4, -0.2) is 29.6 Å². The summed E-state index contributed by atoms with van der Waals surface area (Å²) in [5.74, 6) is 1.90. The van der Waals surface area contributed by atoms with Gasteiger partial charge in [-0.2, -0.15) is 0 Å². The molecule has 0 aliphatic carbocycles. The van der Waals surface area contributed by atoms with Gasteiger partial charge in [-0.1, -0.05) is 60.7 Å². The third kappa shape index (κ3) is 2.03. The average Bonchev–Trinajstić information content (AvgIpc) is 3.18. The van der Waals surface area contributed by atoms with Gasteiger partial charge in [0.25, 0.3) is 0 Å². The monoisotopic (exact) mass is 354 g/mol. The van der Waals surface area contributed by atoms with E-state index in [0.29, 0.717) is 0 Å². The van der Waals surface area contributed by atoms with Crippen molar-refractivity contribution in [3.63, 3.8) is 0 Å². The number of rotatable bonds is 2. The zero-order valence-corrected chi connectivity index (χ0v) is 15.6. The highest BCUT2D eigenvalue weighted by Crippen LogP contribution is 2.32. The second-order valence-corrected chi connectivity index (χ2v) is 10.6. The first-order valence-corrected chi connectivity index (χ1v) is 11.4. The number of hydrogen-bond donors (Lipinski definition) is 0. The Kier molecular flexibility index (Phi) is 2.99. The Labute approximate surface area is 154 Å². The fraction of sp³-hybridized carbons (Fsp3) is 0. The molecule has 0 spiro atoms. The van der Waals surface area contributed by atoms with Crippen molar-refractivity contribution < 1.29 is 10.4 Å². The van der Waals surface area contributed by atoms with Crippen LogP contribution in [0.5, 0.6) is 11.5 Å². The number of benzene rings is 4. The summed E-state index contributed by atoms with van der Waals surface area (Å²) in [5.41, 5.74) is 0. The Morgan fingerprint density at radius 1 is 0.560 bits per heavy atom. The first-order valence-electron chi connectivity index (χ1n) is 8.40. The lowest BCUT2D eigenvalue weighted by molar-refractivity contribution is 0.400. The summed E-state index contributed by atoms with van der Waals surface area (Å²) in [6.07, 6.45) is 0. The molecule has 4 aromatic rings. The van der Waals surface area contributed by atoms with Gasteiger partial charge in [0.2, 0.25) is 0 Å². The van der Waals surface area contributed by atoms with E-state index in [1.807, 2.05) is 24.3 Å². The van der Waals surface area contributed by atoms with Crippen molar-refractivity contribution in [2.75, 3.05) is 0 Å². The fourth-order valence-corrected chi connectivity index (χ4v) is 9.18. The van der Waals surface area contributed by atoms with Crippen molar-refractivity contribution in [1.29, 1.82) is 0 Å². The number of hydrogen-bond acceptors (Lipinski definition) is 3. The molecule has 116 valence electrons. The zero-order chi connectivity index (χ0) is 16.4. The molecular weight excluding hydrogens is 342 g/mol. The van der Waals surface area contributed by atoms with Crippen molar-refractivity contribution in [1.82, 2.24) is 0 Å². The highest BCUT2D eigenvalue weighted by Gasteiger charge is 2.49. The van der Waals surface area contributed by atoms with Crippen molar-refractivity contribution in [3.8, 4) is 11.5 Å². The van der Waals surface area contributed by atoms with E-state index in [2.05, 4.69) is 48.5 Å². The molecule has 0 amide bonds. The summed E-state index contributed by atoms with van der Waals surface area (Å²) >= 11 is -4.01.